The third-order valence-electron chi connectivity index (χ3n) is 8.81. The van der Waals surface area contributed by atoms with Crippen LogP contribution in [0.25, 0.3) is 0 Å². The van der Waals surface area contributed by atoms with Crippen molar-refractivity contribution in [2.45, 2.75) is 157 Å². The van der Waals surface area contributed by atoms with Gasteiger partial charge in [0.2, 0.25) is 0 Å². The number of aromatic amines is 3. The summed E-state index contributed by atoms with van der Waals surface area (Å²) in [5.74, 6) is 1.56. The van der Waals surface area contributed by atoms with Crippen molar-refractivity contribution in [2.75, 3.05) is 0 Å². The monoisotopic (exact) mass is 796 g/mol. The first-order valence-corrected chi connectivity index (χ1v) is 18.9. The highest BCUT2D eigenvalue weighted by molar-refractivity contribution is 5.53. The van der Waals surface area contributed by atoms with Gasteiger partial charge in [-0.25, -0.2) is 14.4 Å². The second kappa shape index (κ2) is 17.6. The van der Waals surface area contributed by atoms with E-state index < -0.39 is 17.1 Å². The standard InChI is InChI=1S/3C14H22O2.C3H3N3O3/c3*1-13(2,3)10-7-9(15)8-11(12(10)16)14(4,5)6;7-1-4-2(8)6-3(9)5-1/h3*7-8,15-16H,1-6H3;(H3,4,5,6,7,8,9). The summed E-state index contributed by atoms with van der Waals surface area (Å²) < 4.78 is 0. The van der Waals surface area contributed by atoms with Gasteiger partial charge in [-0.1, -0.05) is 125 Å². The van der Waals surface area contributed by atoms with E-state index >= 15 is 0 Å². The number of hydrogen-bond acceptors (Lipinski definition) is 9. The van der Waals surface area contributed by atoms with Crippen molar-refractivity contribution in [3.05, 3.63) is 101 Å². The summed E-state index contributed by atoms with van der Waals surface area (Å²) >= 11 is 0. The van der Waals surface area contributed by atoms with Crippen LogP contribution in [0.1, 0.15) is 158 Å². The van der Waals surface area contributed by atoms with Crippen molar-refractivity contribution >= 4 is 0 Å². The summed E-state index contributed by atoms with van der Waals surface area (Å²) in [6.45, 7) is 36.4. The Morgan fingerprint density at radius 1 is 0.298 bits per heavy atom. The molecule has 1 heterocycles. The van der Waals surface area contributed by atoms with Gasteiger partial charge in [-0.15, -0.1) is 0 Å². The average molecular weight is 796 g/mol. The molecule has 12 nitrogen and oxygen atoms in total. The molecule has 4 rings (SSSR count). The Morgan fingerprint density at radius 3 is 0.526 bits per heavy atom. The number of aromatic hydroxyl groups is 6. The number of phenols is 6. The maximum Gasteiger partial charge on any atom is 0.330 e. The summed E-state index contributed by atoms with van der Waals surface area (Å²) in [6.07, 6.45) is 0. The smallest absolute Gasteiger partial charge is 0.330 e. The fourth-order valence-electron chi connectivity index (χ4n) is 5.69. The third-order valence-corrected chi connectivity index (χ3v) is 8.81. The van der Waals surface area contributed by atoms with E-state index in [1.807, 2.05) is 125 Å². The van der Waals surface area contributed by atoms with E-state index in [0.29, 0.717) is 17.2 Å². The van der Waals surface area contributed by atoms with Crippen LogP contribution in [0.15, 0.2) is 50.8 Å². The van der Waals surface area contributed by atoms with Crippen molar-refractivity contribution in [1.82, 2.24) is 15.0 Å². The lowest BCUT2D eigenvalue weighted by molar-refractivity contribution is 0.412. The Labute approximate surface area is 337 Å². The third kappa shape index (κ3) is 14.7. The highest BCUT2D eigenvalue weighted by Gasteiger charge is 2.29. The normalized spacial score (nSPS) is 12.3. The van der Waals surface area contributed by atoms with Gasteiger partial charge < -0.3 is 30.6 Å². The number of hydrogen-bond donors (Lipinski definition) is 9. The number of phenolic OH excluding ortho intramolecular Hbond substituents is 6. The second-order valence-electron chi connectivity index (χ2n) is 20.5. The summed E-state index contributed by atoms with van der Waals surface area (Å²) in [4.78, 5) is 35.9. The molecule has 0 amide bonds. The van der Waals surface area contributed by atoms with Gasteiger partial charge in [-0.05, 0) is 68.9 Å². The summed E-state index contributed by atoms with van der Waals surface area (Å²) in [5, 5.41) is 60.0. The lowest BCUT2D eigenvalue weighted by Crippen LogP contribution is -2.34. The zero-order chi connectivity index (χ0) is 45.0. The Bertz CT molecular complexity index is 1790. The fourth-order valence-corrected chi connectivity index (χ4v) is 5.69. The molecule has 57 heavy (non-hydrogen) atoms. The molecule has 0 spiro atoms. The minimum atomic E-state index is -0.802. The number of rotatable bonds is 0. The van der Waals surface area contributed by atoms with E-state index in [-0.39, 0.29) is 49.7 Å². The molecule has 0 radical (unpaired) electrons. The average Bonchev–Trinajstić information content (AvgIpc) is 2.97. The Balaban J connectivity index is 0.000000387. The van der Waals surface area contributed by atoms with Crippen LogP contribution in [0.2, 0.25) is 0 Å². The molecular weight excluding hydrogens is 727 g/mol. The molecule has 0 fully saturated rings. The van der Waals surface area contributed by atoms with E-state index in [1.165, 1.54) is 0 Å². The molecule has 0 saturated heterocycles. The van der Waals surface area contributed by atoms with Gasteiger partial charge in [0.1, 0.15) is 34.5 Å². The fraction of sp³-hybridized carbons (Fsp3) is 0.533. The molecule has 0 atom stereocenters. The lowest BCUT2D eigenvalue weighted by Gasteiger charge is -2.27. The molecular formula is C45H69N3O9. The number of benzene rings is 3. The first-order chi connectivity index (χ1) is 25.3. The largest absolute Gasteiger partial charge is 0.508 e. The van der Waals surface area contributed by atoms with E-state index in [9.17, 15) is 45.0 Å². The van der Waals surface area contributed by atoms with Gasteiger partial charge in [0.25, 0.3) is 0 Å². The molecule has 4 aromatic rings. The zero-order valence-electron chi connectivity index (χ0n) is 37.4. The van der Waals surface area contributed by atoms with Crippen LogP contribution in [0.4, 0.5) is 0 Å². The van der Waals surface area contributed by atoms with Crippen LogP contribution in [0.5, 0.6) is 34.5 Å². The molecule has 1 aromatic heterocycles. The van der Waals surface area contributed by atoms with Gasteiger partial charge in [0.05, 0.1) is 0 Å². The Morgan fingerprint density at radius 2 is 0.421 bits per heavy atom. The van der Waals surface area contributed by atoms with Crippen molar-refractivity contribution in [3.8, 4) is 34.5 Å². The molecule has 0 aliphatic rings. The highest BCUT2D eigenvalue weighted by atomic mass is 16.3. The first-order valence-electron chi connectivity index (χ1n) is 18.9. The van der Waals surface area contributed by atoms with E-state index in [4.69, 9.17) is 0 Å². The van der Waals surface area contributed by atoms with Crippen molar-refractivity contribution in [3.63, 3.8) is 0 Å². The van der Waals surface area contributed by atoms with Crippen LogP contribution in [-0.2, 0) is 32.5 Å². The number of nitrogens with one attached hydrogen (secondary N) is 3. The van der Waals surface area contributed by atoms with E-state index in [2.05, 4.69) is 0 Å². The minimum absolute atomic E-state index is 0.178. The molecule has 3 aromatic carbocycles. The molecule has 9 N–H and O–H groups in total. The van der Waals surface area contributed by atoms with Crippen LogP contribution < -0.4 is 17.1 Å². The second-order valence-corrected chi connectivity index (χ2v) is 20.5. The van der Waals surface area contributed by atoms with Crippen LogP contribution >= 0.6 is 0 Å². The first kappa shape index (κ1) is 49.9. The molecule has 0 aliphatic carbocycles. The summed E-state index contributed by atoms with van der Waals surface area (Å²) in [6, 6.07) is 9.86. The molecule has 0 saturated carbocycles. The van der Waals surface area contributed by atoms with Gasteiger partial charge >= 0.3 is 17.1 Å². The van der Waals surface area contributed by atoms with Crippen LogP contribution in [0.3, 0.4) is 0 Å². The van der Waals surface area contributed by atoms with Gasteiger partial charge in [-0.3, -0.25) is 15.0 Å². The van der Waals surface area contributed by atoms with Crippen molar-refractivity contribution in [2.24, 2.45) is 0 Å². The minimum Gasteiger partial charge on any atom is -0.508 e. The highest BCUT2D eigenvalue weighted by Crippen LogP contribution is 2.43. The van der Waals surface area contributed by atoms with Crippen LogP contribution in [0, 0.1) is 0 Å². The SMILES string of the molecule is CC(C)(C)c1cc(O)cc(C(C)(C)C)c1O.CC(C)(C)c1cc(O)cc(C(C)(C)C)c1O.CC(C)(C)c1cc(O)cc(C(C)(C)C)c1O.O=c1[nH]c(=O)[nH]c(=O)[nH]1. The maximum atomic E-state index is 10.3. The van der Waals surface area contributed by atoms with Gasteiger partial charge in [0, 0.05) is 33.4 Å². The quantitative estimate of drug-likeness (QED) is 0.0775. The van der Waals surface area contributed by atoms with Gasteiger partial charge in [0.15, 0.2) is 0 Å². The topological polar surface area (TPSA) is 220 Å². The number of H-pyrrole nitrogens is 3. The lowest BCUT2D eigenvalue weighted by atomic mass is 9.79. The summed E-state index contributed by atoms with van der Waals surface area (Å²) in [5.41, 5.74) is 1.26. The van der Waals surface area contributed by atoms with Crippen molar-refractivity contribution in [1.29, 1.82) is 0 Å². The molecule has 0 unspecified atom stereocenters. The number of aromatic nitrogens is 3. The molecule has 0 aliphatic heterocycles. The van der Waals surface area contributed by atoms with E-state index in [1.54, 1.807) is 51.4 Å². The summed E-state index contributed by atoms with van der Waals surface area (Å²) in [7, 11) is 0. The maximum absolute atomic E-state index is 10.3. The van der Waals surface area contributed by atoms with Crippen LogP contribution in [-0.4, -0.2) is 45.6 Å². The molecule has 318 valence electrons. The Kier molecular flexibility index (Phi) is 15.4. The van der Waals surface area contributed by atoms with Crippen molar-refractivity contribution < 1.29 is 30.6 Å². The zero-order valence-corrected chi connectivity index (χ0v) is 37.4. The van der Waals surface area contributed by atoms with Gasteiger partial charge in [-0.2, -0.15) is 0 Å². The molecule has 0 bridgehead atoms. The van der Waals surface area contributed by atoms with E-state index in [0.717, 1.165) is 33.4 Å². The predicted octanol–water partition coefficient (Wildman–Crippen LogP) is 8.83. The Hall–Kier alpha value is -5.13. The predicted molar refractivity (Wildman–Crippen MR) is 230 cm³/mol. The molecule has 12 heteroatoms.